The van der Waals surface area contributed by atoms with E-state index in [-0.39, 0.29) is 44.2 Å². The number of hydrogen-bond acceptors (Lipinski definition) is 11. The molecule has 14 nitrogen and oxygen atoms in total. The van der Waals surface area contributed by atoms with Crippen LogP contribution >= 0.6 is 0 Å². The highest BCUT2D eigenvalue weighted by Crippen LogP contribution is 2.42. The highest BCUT2D eigenvalue weighted by molar-refractivity contribution is 7.86. The van der Waals surface area contributed by atoms with E-state index >= 15 is 0 Å². The Balaban J connectivity index is 0.000000336. The Kier molecular flexibility index (Phi) is 18.9. The van der Waals surface area contributed by atoms with Crippen LogP contribution in [-0.4, -0.2) is 111 Å². The van der Waals surface area contributed by atoms with Gasteiger partial charge in [-0.3, -0.25) is 14.5 Å². The summed E-state index contributed by atoms with van der Waals surface area (Å²) in [6, 6.07) is 21.3. The third-order valence-corrected chi connectivity index (χ3v) is 11.6. The van der Waals surface area contributed by atoms with Gasteiger partial charge in [-0.2, -0.15) is 8.42 Å². The van der Waals surface area contributed by atoms with Crippen molar-refractivity contribution in [2.75, 3.05) is 59.7 Å². The number of phenolic OH excluding ortho intramolecular Hbond substituents is 1. The number of carbonyl (C=O) groups excluding carboxylic acids is 3. The van der Waals surface area contributed by atoms with Gasteiger partial charge in [0.1, 0.15) is 5.60 Å². The first-order chi connectivity index (χ1) is 29.9. The van der Waals surface area contributed by atoms with Crippen LogP contribution < -0.4 is 19.0 Å². The molecule has 0 fully saturated rings. The van der Waals surface area contributed by atoms with E-state index in [1.165, 1.54) is 14.2 Å². The van der Waals surface area contributed by atoms with Gasteiger partial charge in [0.15, 0.2) is 23.0 Å². The van der Waals surface area contributed by atoms with Crippen molar-refractivity contribution in [2.45, 2.75) is 93.8 Å². The van der Waals surface area contributed by atoms with E-state index in [4.69, 9.17) is 18.4 Å². The average molecular weight is 919 g/mol. The topological polar surface area (TPSA) is 164 Å². The maximum atomic E-state index is 13.1. The van der Waals surface area contributed by atoms with Crippen LogP contribution in [0.15, 0.2) is 72.8 Å². The fourth-order valence-electron chi connectivity index (χ4n) is 7.94. The maximum absolute atomic E-state index is 13.1. The molecule has 4 aromatic carbocycles. The lowest BCUT2D eigenvalue weighted by Gasteiger charge is -2.38. The van der Waals surface area contributed by atoms with Crippen molar-refractivity contribution >= 4 is 28.0 Å². The molecule has 0 radical (unpaired) electrons. The highest BCUT2D eigenvalue weighted by Gasteiger charge is 2.36. The number of nitrogens with one attached hydrogen (secondary N) is 1. The van der Waals surface area contributed by atoms with Gasteiger partial charge in [-0.05, 0) is 143 Å². The van der Waals surface area contributed by atoms with Crippen molar-refractivity contribution in [3.63, 3.8) is 0 Å². The number of benzene rings is 4. The number of phenols is 1. The predicted octanol–water partition coefficient (Wildman–Crippen LogP) is 8.79. The van der Waals surface area contributed by atoms with Gasteiger partial charge in [-0.1, -0.05) is 39.1 Å². The Morgan fingerprint density at radius 2 is 1.22 bits per heavy atom. The van der Waals surface area contributed by atoms with Gasteiger partial charge in [0.2, 0.25) is 0 Å². The zero-order chi connectivity index (χ0) is 46.2. The quantitative estimate of drug-likeness (QED) is 0.131. The van der Waals surface area contributed by atoms with Crippen LogP contribution in [0.25, 0.3) is 0 Å². The summed E-state index contributed by atoms with van der Waals surface area (Å²) in [7, 11) is -0.688. The van der Waals surface area contributed by atoms with E-state index in [1.807, 2.05) is 97.0 Å². The second-order valence-electron chi connectivity index (χ2n) is 16.4. The zero-order valence-electron chi connectivity index (χ0n) is 38.1. The van der Waals surface area contributed by atoms with Crippen LogP contribution in [0, 0.1) is 0 Å². The predicted molar refractivity (Wildman–Crippen MR) is 256 cm³/mol. The third kappa shape index (κ3) is 12.9. The van der Waals surface area contributed by atoms with Gasteiger partial charge >= 0.3 is 16.2 Å². The van der Waals surface area contributed by atoms with Crippen molar-refractivity contribution in [3.8, 4) is 23.0 Å². The van der Waals surface area contributed by atoms with Crippen LogP contribution in [-0.2, 0) is 27.7 Å². The van der Waals surface area contributed by atoms with Crippen LogP contribution in [0.1, 0.15) is 129 Å². The number of ether oxygens (including phenoxy) is 3. The summed E-state index contributed by atoms with van der Waals surface area (Å²) in [5.74, 6) is 0.957. The third-order valence-electron chi connectivity index (χ3n) is 11.1. The molecule has 2 atom stereocenters. The molecule has 0 saturated carbocycles. The van der Waals surface area contributed by atoms with E-state index in [1.54, 1.807) is 39.0 Å². The summed E-state index contributed by atoms with van der Waals surface area (Å²) in [6.45, 7) is 17.2. The second-order valence-corrected chi connectivity index (χ2v) is 17.9. The number of fused-ring (bicyclic) bond motifs is 2. The molecule has 0 spiro atoms. The summed E-state index contributed by atoms with van der Waals surface area (Å²) >= 11 is 0. The Labute approximate surface area is 386 Å². The minimum atomic E-state index is -3.69. The van der Waals surface area contributed by atoms with Gasteiger partial charge in [0.05, 0.1) is 32.6 Å². The first-order valence-corrected chi connectivity index (χ1v) is 23.2. The molecule has 2 aliphatic rings. The first kappa shape index (κ1) is 53.5. The molecule has 0 bridgehead atoms. The molecule has 0 aromatic heterocycles. The van der Waals surface area contributed by atoms with Gasteiger partial charge in [0, 0.05) is 50.4 Å². The molecule has 65 heavy (non-hydrogen) atoms. The van der Waals surface area contributed by atoms with Crippen molar-refractivity contribution in [2.24, 2.45) is 0 Å². The van der Waals surface area contributed by atoms with Gasteiger partial charge in [0.25, 0.3) is 11.8 Å². The number of methoxy groups -OCH3 is 2. The Morgan fingerprint density at radius 3 is 1.69 bits per heavy atom. The second kappa shape index (κ2) is 22.9. The Bertz CT molecular complexity index is 2360. The van der Waals surface area contributed by atoms with Crippen LogP contribution in [0.3, 0.4) is 0 Å². The monoisotopic (exact) mass is 918 g/mol. The maximum Gasteiger partial charge on any atom is 0.411 e. The fraction of sp³-hybridized carbons (Fsp3) is 0.460. The fourth-order valence-corrected chi connectivity index (χ4v) is 8.39. The van der Waals surface area contributed by atoms with Gasteiger partial charge in [-0.25, -0.2) is 4.79 Å². The molecule has 2 aliphatic heterocycles. The first-order valence-electron chi connectivity index (χ1n) is 21.4. The van der Waals surface area contributed by atoms with E-state index in [0.29, 0.717) is 61.8 Å². The number of carbonyl (C=O) groups is 3. The van der Waals surface area contributed by atoms with Crippen LogP contribution in [0.4, 0.5) is 4.79 Å². The molecular weight excluding hydrogens is 849 g/mol. The Morgan fingerprint density at radius 1 is 0.723 bits per heavy atom. The van der Waals surface area contributed by atoms with E-state index in [9.17, 15) is 27.9 Å². The smallest absolute Gasteiger partial charge is 0.411 e. The summed E-state index contributed by atoms with van der Waals surface area (Å²) in [5, 5.41) is 13.9. The summed E-state index contributed by atoms with van der Waals surface area (Å²) in [6.07, 6.45) is 1.99. The van der Waals surface area contributed by atoms with E-state index in [0.717, 1.165) is 52.6 Å². The SMILES string of the molecule is C.C.CCN(CC)C(=O)c1ccc(C2NCCc3cc(OC)c(OS(C)(=O)=O)cc32)cc1.CCN(CC)C(=O)c1ccc(C2c3cc(O)c(OC)cc3CCN2C(=O)OC(C)(C)C)cc1. The van der Waals surface area contributed by atoms with Crippen molar-refractivity contribution < 1.29 is 46.3 Å². The summed E-state index contributed by atoms with van der Waals surface area (Å²) in [5.41, 5.74) is 6.25. The normalized spacial score (nSPS) is 15.3. The molecule has 0 saturated heterocycles. The van der Waals surface area contributed by atoms with Gasteiger partial charge in [-0.15, -0.1) is 0 Å². The molecule has 3 amide bonds. The molecule has 356 valence electrons. The van der Waals surface area contributed by atoms with E-state index < -0.39 is 27.9 Å². The number of nitrogens with zero attached hydrogens (tertiary/aromatic N) is 3. The number of hydrogen-bond donors (Lipinski definition) is 2. The summed E-state index contributed by atoms with van der Waals surface area (Å²) in [4.78, 5) is 43.6. The molecular formula is C50H70N4O10S. The number of amides is 3. The Hall–Kier alpha value is -5.80. The van der Waals surface area contributed by atoms with E-state index in [2.05, 4.69) is 5.32 Å². The molecule has 2 heterocycles. The molecule has 15 heteroatoms. The standard InChI is InChI=1S/C26H34N2O5.C22H28N2O5S.2CH4/c1-7-27(8-2)24(30)18-11-9-17(10-12-18)23-20-16-21(29)22(32-6)15-19(20)13-14-28(23)25(31)33-26(3,4)5;1-5-24(6-2)22(25)16-9-7-15(8-10-16)21-18-14-20(29-30(4,26)27)19(28-3)13-17(18)11-12-23-21;;/h9-12,15-16,23,29H,7-8,13-14H2,1-6H3;7-10,13-14,21,23H,5-6,11-12H2,1-4H3;2*1H4. The summed E-state index contributed by atoms with van der Waals surface area (Å²) < 4.78 is 44.8. The zero-order valence-corrected chi connectivity index (χ0v) is 38.9. The molecule has 4 aromatic rings. The molecule has 2 unspecified atom stereocenters. The highest BCUT2D eigenvalue weighted by atomic mass is 32.2. The molecule has 2 N–H and O–H groups in total. The lowest BCUT2D eigenvalue weighted by Crippen LogP contribution is -2.43. The number of rotatable bonds is 12. The lowest BCUT2D eigenvalue weighted by molar-refractivity contribution is 0.0177. The van der Waals surface area contributed by atoms with Crippen molar-refractivity contribution in [1.29, 1.82) is 0 Å². The minimum Gasteiger partial charge on any atom is -0.504 e. The molecule has 0 aliphatic carbocycles. The van der Waals surface area contributed by atoms with Gasteiger partial charge < -0.3 is 38.6 Å². The van der Waals surface area contributed by atoms with Crippen molar-refractivity contribution in [3.05, 3.63) is 117 Å². The number of aromatic hydroxyl groups is 1. The minimum absolute atomic E-state index is 0. The lowest BCUT2D eigenvalue weighted by atomic mass is 9.87. The van der Waals surface area contributed by atoms with Crippen LogP contribution in [0.5, 0.6) is 23.0 Å². The molecule has 6 rings (SSSR count). The average Bonchev–Trinajstić information content (AvgIpc) is 3.25. The van der Waals surface area contributed by atoms with Crippen LogP contribution in [0.2, 0.25) is 0 Å². The largest absolute Gasteiger partial charge is 0.504 e. The van der Waals surface area contributed by atoms with Crippen molar-refractivity contribution in [1.82, 2.24) is 20.0 Å².